The first-order valence-electron chi connectivity index (χ1n) is 3.66. The van der Waals surface area contributed by atoms with Gasteiger partial charge in [-0.2, -0.15) is 0 Å². The van der Waals surface area contributed by atoms with Crippen LogP contribution in [-0.2, 0) is 0 Å². The van der Waals surface area contributed by atoms with Gasteiger partial charge >= 0.3 is 0 Å². The second-order valence-corrected chi connectivity index (χ2v) is 2.92. The Hall–Kier alpha value is -0.0800. The maximum atomic E-state index is 8.57. The first-order valence-corrected chi connectivity index (χ1v) is 3.66. The van der Waals surface area contributed by atoms with E-state index in [1.165, 1.54) is 19.5 Å². The SMILES string of the molecule is C[C@H]1CCN(CCO)C1. The molecular weight excluding hydrogens is 114 g/mol. The molecule has 2 heteroatoms. The minimum Gasteiger partial charge on any atom is -0.395 e. The molecule has 9 heavy (non-hydrogen) atoms. The quantitative estimate of drug-likeness (QED) is 0.580. The van der Waals surface area contributed by atoms with Crippen LogP contribution in [0.2, 0.25) is 0 Å². The summed E-state index contributed by atoms with van der Waals surface area (Å²) >= 11 is 0. The smallest absolute Gasteiger partial charge is 0.0558 e. The molecule has 1 aliphatic heterocycles. The number of aliphatic hydroxyl groups excluding tert-OH is 1. The molecule has 1 saturated heterocycles. The summed E-state index contributed by atoms with van der Waals surface area (Å²) in [6.07, 6.45) is 1.31. The van der Waals surface area contributed by atoms with Gasteiger partial charge in [0.2, 0.25) is 0 Å². The number of nitrogens with zero attached hydrogens (tertiary/aromatic N) is 1. The average molecular weight is 129 g/mol. The van der Waals surface area contributed by atoms with Crippen molar-refractivity contribution in [2.45, 2.75) is 13.3 Å². The third-order valence-corrected chi connectivity index (χ3v) is 1.92. The molecule has 0 aromatic heterocycles. The van der Waals surface area contributed by atoms with E-state index in [9.17, 15) is 0 Å². The van der Waals surface area contributed by atoms with Crippen molar-refractivity contribution in [1.82, 2.24) is 4.90 Å². The van der Waals surface area contributed by atoms with Crippen molar-refractivity contribution in [3.63, 3.8) is 0 Å². The van der Waals surface area contributed by atoms with Crippen LogP contribution in [0.3, 0.4) is 0 Å². The van der Waals surface area contributed by atoms with Crippen LogP contribution in [0.1, 0.15) is 13.3 Å². The summed E-state index contributed by atoms with van der Waals surface area (Å²) in [7, 11) is 0. The number of hydrogen-bond acceptors (Lipinski definition) is 2. The topological polar surface area (TPSA) is 23.5 Å². The van der Waals surface area contributed by atoms with E-state index >= 15 is 0 Å². The van der Waals surface area contributed by atoms with Crippen molar-refractivity contribution in [3.8, 4) is 0 Å². The summed E-state index contributed by atoms with van der Waals surface area (Å²) in [5.41, 5.74) is 0. The van der Waals surface area contributed by atoms with Crippen molar-refractivity contribution in [3.05, 3.63) is 0 Å². The molecule has 0 aromatic carbocycles. The molecule has 0 saturated carbocycles. The van der Waals surface area contributed by atoms with Gasteiger partial charge in [-0.1, -0.05) is 6.92 Å². The van der Waals surface area contributed by atoms with Gasteiger partial charge in [0.1, 0.15) is 0 Å². The van der Waals surface area contributed by atoms with Gasteiger partial charge in [0.05, 0.1) is 6.61 Å². The van der Waals surface area contributed by atoms with Crippen LogP contribution in [0, 0.1) is 5.92 Å². The Morgan fingerprint density at radius 2 is 2.44 bits per heavy atom. The maximum absolute atomic E-state index is 8.57. The molecule has 1 heterocycles. The average Bonchev–Trinajstić information content (AvgIpc) is 2.17. The molecule has 2 nitrogen and oxygen atoms in total. The second-order valence-electron chi connectivity index (χ2n) is 2.92. The molecule has 1 rings (SSSR count). The van der Waals surface area contributed by atoms with Crippen LogP contribution < -0.4 is 0 Å². The first-order chi connectivity index (χ1) is 4.33. The summed E-state index contributed by atoms with van der Waals surface area (Å²) in [6, 6.07) is 0. The number of likely N-dealkylation sites (tertiary alicyclic amines) is 1. The molecule has 0 spiro atoms. The van der Waals surface area contributed by atoms with Crippen LogP contribution in [0.15, 0.2) is 0 Å². The predicted octanol–water partition coefficient (Wildman–Crippen LogP) is 0.321. The van der Waals surface area contributed by atoms with E-state index in [1.54, 1.807) is 0 Å². The van der Waals surface area contributed by atoms with E-state index < -0.39 is 0 Å². The summed E-state index contributed by atoms with van der Waals surface area (Å²) < 4.78 is 0. The molecule has 1 fully saturated rings. The van der Waals surface area contributed by atoms with Crippen LogP contribution in [0.5, 0.6) is 0 Å². The van der Waals surface area contributed by atoms with Crippen LogP contribution in [-0.4, -0.2) is 36.2 Å². The molecule has 1 N–H and O–H groups in total. The summed E-state index contributed by atoms with van der Waals surface area (Å²) in [5, 5.41) is 8.57. The van der Waals surface area contributed by atoms with Crippen molar-refractivity contribution >= 4 is 0 Å². The van der Waals surface area contributed by atoms with E-state index in [1.807, 2.05) is 0 Å². The summed E-state index contributed by atoms with van der Waals surface area (Å²) in [4.78, 5) is 2.31. The highest BCUT2D eigenvalue weighted by Crippen LogP contribution is 2.13. The van der Waals surface area contributed by atoms with Crippen molar-refractivity contribution in [1.29, 1.82) is 0 Å². The monoisotopic (exact) mass is 129 g/mol. The lowest BCUT2D eigenvalue weighted by atomic mass is 10.2. The normalized spacial score (nSPS) is 29.3. The van der Waals surface area contributed by atoms with Crippen LogP contribution in [0.4, 0.5) is 0 Å². The molecule has 1 atom stereocenters. The van der Waals surface area contributed by atoms with Crippen molar-refractivity contribution in [2.75, 3.05) is 26.2 Å². The van der Waals surface area contributed by atoms with Crippen molar-refractivity contribution in [2.24, 2.45) is 5.92 Å². The molecule has 0 radical (unpaired) electrons. The Bertz CT molecular complexity index is 83.0. The molecule has 0 amide bonds. The lowest BCUT2D eigenvalue weighted by Crippen LogP contribution is -2.23. The first kappa shape index (κ1) is 7.03. The van der Waals surface area contributed by atoms with Gasteiger partial charge < -0.3 is 10.0 Å². The number of hydrogen-bond donors (Lipinski definition) is 1. The Morgan fingerprint density at radius 3 is 2.89 bits per heavy atom. The molecule has 0 bridgehead atoms. The molecular formula is C7H15NO. The lowest BCUT2D eigenvalue weighted by molar-refractivity contribution is 0.218. The zero-order valence-corrected chi connectivity index (χ0v) is 6.01. The number of β-amino-alcohol motifs (C(OH)–C–C–N with tert-alkyl or cyclic N) is 1. The highest BCUT2D eigenvalue weighted by molar-refractivity contribution is 4.71. The zero-order chi connectivity index (χ0) is 6.69. The van der Waals surface area contributed by atoms with E-state index in [0.717, 1.165) is 12.5 Å². The lowest BCUT2D eigenvalue weighted by Gasteiger charge is -2.11. The third-order valence-electron chi connectivity index (χ3n) is 1.92. The fraction of sp³-hybridized carbons (Fsp3) is 1.00. The number of rotatable bonds is 2. The minimum atomic E-state index is 0.312. The predicted molar refractivity (Wildman–Crippen MR) is 37.3 cm³/mol. The van der Waals surface area contributed by atoms with Gasteiger partial charge in [-0.05, 0) is 18.9 Å². The molecule has 0 unspecified atom stereocenters. The van der Waals surface area contributed by atoms with Gasteiger partial charge in [0, 0.05) is 13.1 Å². The van der Waals surface area contributed by atoms with Crippen LogP contribution >= 0.6 is 0 Å². The Balaban J connectivity index is 2.14. The van der Waals surface area contributed by atoms with E-state index in [-0.39, 0.29) is 0 Å². The van der Waals surface area contributed by atoms with Gasteiger partial charge in [-0.25, -0.2) is 0 Å². The van der Waals surface area contributed by atoms with Gasteiger partial charge in [0.15, 0.2) is 0 Å². The van der Waals surface area contributed by atoms with E-state index in [0.29, 0.717) is 6.61 Å². The second kappa shape index (κ2) is 3.18. The Kier molecular flexibility index (Phi) is 2.49. The molecule has 54 valence electrons. The fourth-order valence-electron chi connectivity index (χ4n) is 1.37. The fourth-order valence-corrected chi connectivity index (χ4v) is 1.37. The van der Waals surface area contributed by atoms with E-state index in [4.69, 9.17) is 5.11 Å². The minimum absolute atomic E-state index is 0.312. The molecule has 0 aromatic rings. The largest absolute Gasteiger partial charge is 0.395 e. The summed E-state index contributed by atoms with van der Waals surface area (Å²) in [5.74, 6) is 0.844. The molecule has 0 aliphatic carbocycles. The maximum Gasteiger partial charge on any atom is 0.0558 e. The highest BCUT2D eigenvalue weighted by atomic mass is 16.3. The van der Waals surface area contributed by atoms with Crippen molar-refractivity contribution < 1.29 is 5.11 Å². The van der Waals surface area contributed by atoms with E-state index in [2.05, 4.69) is 11.8 Å². The Labute approximate surface area is 56.5 Å². The van der Waals surface area contributed by atoms with Crippen LogP contribution in [0.25, 0.3) is 0 Å². The van der Waals surface area contributed by atoms with Gasteiger partial charge in [-0.3, -0.25) is 0 Å². The molecule has 1 aliphatic rings. The Morgan fingerprint density at radius 1 is 1.67 bits per heavy atom. The standard InChI is InChI=1S/C7H15NO/c1-7-2-3-8(6-7)4-5-9/h7,9H,2-6H2,1H3/t7-/m0/s1. The number of aliphatic hydroxyl groups is 1. The highest BCUT2D eigenvalue weighted by Gasteiger charge is 2.16. The zero-order valence-electron chi connectivity index (χ0n) is 6.01. The van der Waals surface area contributed by atoms with Gasteiger partial charge in [-0.15, -0.1) is 0 Å². The summed E-state index contributed by atoms with van der Waals surface area (Å²) in [6.45, 7) is 5.80. The third kappa shape index (κ3) is 1.95. The van der Waals surface area contributed by atoms with Gasteiger partial charge in [0.25, 0.3) is 0 Å².